The highest BCUT2D eigenvalue weighted by Crippen LogP contribution is 2.42. The summed E-state index contributed by atoms with van der Waals surface area (Å²) in [6.45, 7) is 13.0. The molecule has 0 spiro atoms. The van der Waals surface area contributed by atoms with Gasteiger partial charge in [-0.05, 0) is 153 Å². The van der Waals surface area contributed by atoms with Crippen molar-refractivity contribution in [3.05, 3.63) is 430 Å². The van der Waals surface area contributed by atoms with E-state index in [-0.39, 0.29) is 30.5 Å². The number of nitrogens with zero attached hydrogens (tertiary/aromatic N) is 2. The van der Waals surface area contributed by atoms with Crippen LogP contribution in [0.4, 0.5) is 0 Å². The number of halogens is 1. The van der Waals surface area contributed by atoms with Gasteiger partial charge < -0.3 is 77.2 Å². The molecule has 3 aliphatic rings. The van der Waals surface area contributed by atoms with Gasteiger partial charge in [-0.2, -0.15) is 0 Å². The molecule has 0 bridgehead atoms. The first-order valence-corrected chi connectivity index (χ1v) is 46.4. The molecule has 15 aromatic rings. The van der Waals surface area contributed by atoms with Crippen LogP contribution in [0.15, 0.2) is 346 Å². The molecular weight excluding hydrogens is 1640 g/mol. The number of aryl methyl sites for hydroxylation is 3. The maximum Gasteiger partial charge on any atom is 0.163 e. The molecule has 3 saturated heterocycles. The molecule has 18 rings (SSSR count). The van der Waals surface area contributed by atoms with Gasteiger partial charge >= 0.3 is 0 Å². The van der Waals surface area contributed by atoms with Crippen molar-refractivity contribution in [2.45, 2.75) is 217 Å². The molecule has 0 aliphatic carbocycles. The average Bonchev–Trinajstić information content (AvgIpc) is 1.53. The Morgan fingerprint density at radius 2 is 0.600 bits per heavy atom. The largest absolute Gasteiger partial charge is 0.394 e. The number of aromatic nitrogens is 3. The summed E-state index contributed by atoms with van der Waals surface area (Å²) in [7, 11) is 0. The number of para-hydroxylation sites is 3. The Balaban J connectivity index is 0.000000141. The first kappa shape index (κ1) is 93.7. The van der Waals surface area contributed by atoms with E-state index in [0.717, 1.165) is 107 Å². The highest BCUT2D eigenvalue weighted by molar-refractivity contribution is 6.20. The summed E-state index contributed by atoms with van der Waals surface area (Å²) in [5, 5.41) is 43.9. The smallest absolute Gasteiger partial charge is 0.163 e. The Kier molecular flexibility index (Phi) is 34.0. The van der Waals surface area contributed by atoms with E-state index < -0.39 is 67.4 Å². The molecule has 3 aromatic heterocycles. The number of fused-ring (bicyclic) bond motifs is 3. The molecule has 130 heavy (non-hydrogen) atoms. The van der Waals surface area contributed by atoms with E-state index in [9.17, 15) is 20.4 Å². The van der Waals surface area contributed by atoms with E-state index in [2.05, 4.69) is 263 Å². The highest BCUT2D eigenvalue weighted by Gasteiger charge is 2.50. The second-order valence-electron chi connectivity index (χ2n) is 33.8. The number of aliphatic hydroxyl groups is 4. The molecule has 6 heterocycles. The Morgan fingerprint density at radius 1 is 0.292 bits per heavy atom. The molecular formula is C113H122ClN3O13. The third kappa shape index (κ3) is 24.2. The van der Waals surface area contributed by atoms with Gasteiger partial charge in [-0.25, -0.2) is 0 Å². The van der Waals surface area contributed by atoms with Crippen LogP contribution < -0.4 is 0 Å². The molecule has 674 valence electrons. The summed E-state index contributed by atoms with van der Waals surface area (Å²) in [4.78, 5) is 3.33. The summed E-state index contributed by atoms with van der Waals surface area (Å²) in [5.41, 5.74) is 20.7. The Labute approximate surface area is 769 Å². The van der Waals surface area contributed by atoms with Gasteiger partial charge in [-0.15, -0.1) is 0 Å². The van der Waals surface area contributed by atoms with Gasteiger partial charge in [0.05, 0.1) is 69.5 Å². The van der Waals surface area contributed by atoms with E-state index in [1.807, 2.05) is 128 Å². The lowest BCUT2D eigenvalue weighted by molar-refractivity contribution is -0.282. The second-order valence-corrected chi connectivity index (χ2v) is 34.2. The van der Waals surface area contributed by atoms with Crippen molar-refractivity contribution < 1.29 is 63.1 Å². The molecule has 0 saturated carbocycles. The summed E-state index contributed by atoms with van der Waals surface area (Å²) in [6, 6.07) is 113. The molecule has 16 nitrogen and oxygen atoms in total. The van der Waals surface area contributed by atoms with E-state index in [1.54, 1.807) is 4.57 Å². The van der Waals surface area contributed by atoms with Gasteiger partial charge in [0.1, 0.15) is 61.0 Å². The Morgan fingerprint density at radius 3 is 0.985 bits per heavy atom. The summed E-state index contributed by atoms with van der Waals surface area (Å²) >= 11 is 6.70. The zero-order valence-electron chi connectivity index (χ0n) is 74.9. The lowest BCUT2D eigenvalue weighted by Gasteiger charge is -2.46. The van der Waals surface area contributed by atoms with Crippen LogP contribution in [0.3, 0.4) is 0 Å². The number of alkyl halides is 1. The quantitative estimate of drug-likeness (QED) is 0.0251. The zero-order chi connectivity index (χ0) is 89.9. The van der Waals surface area contributed by atoms with Crippen LogP contribution in [0, 0.1) is 0 Å². The molecule has 15 atom stereocenters. The van der Waals surface area contributed by atoms with Crippen LogP contribution in [-0.4, -0.2) is 120 Å². The molecule has 0 amide bonds. The number of rotatable bonds is 32. The minimum Gasteiger partial charge on any atom is -0.394 e. The van der Waals surface area contributed by atoms with E-state index in [1.165, 1.54) is 60.8 Å². The number of aliphatic hydroxyl groups excluding tert-OH is 4. The van der Waals surface area contributed by atoms with Crippen molar-refractivity contribution in [3.8, 4) is 0 Å². The zero-order valence-corrected chi connectivity index (χ0v) is 75.7. The number of nitrogens with one attached hydrogen (secondary N) is 1. The van der Waals surface area contributed by atoms with Crippen LogP contribution in [0.1, 0.15) is 143 Å². The lowest BCUT2D eigenvalue weighted by atomic mass is 9.95. The van der Waals surface area contributed by atoms with Gasteiger partial charge in [0, 0.05) is 40.3 Å². The standard InChI is InChI=1S/C45H47NO4.C28H31ClO4.C23H27NO5.C17H17N/c1-3-33-24-26-34(27-25-33)28-38-29-46(40-23-15-14-22-39(38)40)45-44(49-32-37-20-12-7-13-21-37)43(48-31-36-18-10-6-11-19-36)42(41(4-2)50-45)47-30-35-16-8-5-9-17-35;1-2-24-25(30-18-21-12-6-3-7-13-21)26(31-19-22-14-8-4-9-15-22)27(28(29)33-24)32-20-23-16-10-5-11-17-23;1-2-14-7-9-15(10-8-14)11-16-12-24(18-6-4-3-5-17(16)18)23-22(28)21(27)20(26)19(13-25)29-23;1-2-13-7-9-14(10-8-13)11-15-12-18-17-6-4-3-5-16(15)17/h5-27,29,41-45H,3-4,28,30-32H2,1-2H3;3-17,24-28H,2,18-20H2,1H3;3-10,12,19-23,25-28H,2,11,13H2,1H3;3-10,12,18H,2,11H2,1H3/t41-,42-,43+,44-,45?;24-,25-,26+,27-,28+;19-,20-,21+,22-,23-;/m111./s1. The average molecular weight is 1770 g/mol. The number of hydrogen-bond donors (Lipinski definition) is 5. The van der Waals surface area contributed by atoms with Crippen molar-refractivity contribution >= 4 is 44.3 Å². The fourth-order valence-corrected chi connectivity index (χ4v) is 17.9. The molecule has 5 N–H and O–H groups in total. The molecule has 1 unspecified atom stereocenters. The van der Waals surface area contributed by atoms with Crippen molar-refractivity contribution in [1.29, 1.82) is 0 Å². The minimum absolute atomic E-state index is 0.187. The van der Waals surface area contributed by atoms with Gasteiger partial charge in [0.15, 0.2) is 18.0 Å². The summed E-state index contributed by atoms with van der Waals surface area (Å²) in [5.74, 6) is 0. The van der Waals surface area contributed by atoms with Crippen molar-refractivity contribution in [3.63, 3.8) is 0 Å². The fourth-order valence-electron chi connectivity index (χ4n) is 17.6. The molecule has 3 fully saturated rings. The van der Waals surface area contributed by atoms with Crippen LogP contribution >= 0.6 is 11.6 Å². The maximum absolute atomic E-state index is 10.6. The fraction of sp³-hybridized carbons (Fsp3) is 0.310. The topological polar surface area (TPSA) is 190 Å². The third-order valence-electron chi connectivity index (χ3n) is 24.9. The second kappa shape index (κ2) is 47.2. The Bertz CT molecular complexity index is 5850. The van der Waals surface area contributed by atoms with E-state index in [4.69, 9.17) is 54.2 Å². The molecule has 12 aromatic carbocycles. The van der Waals surface area contributed by atoms with Crippen LogP contribution in [0.25, 0.3) is 32.7 Å². The SMILES string of the molecule is CC[C@H]1O[C@H](Cl)[C@H](OCc2ccccc2)[C@@H](OCc2ccccc2)[C@@H]1OCc1ccccc1.CCc1ccc(Cc2c[nH]c3ccccc23)cc1.CCc1ccc(Cc2cn(C3O[C@H](CC)[C@@H](OCc4ccccc4)[C@H](OCc4ccccc4)[C@H]3OCc3ccccc3)c3ccccc23)cc1.CCc1ccc(Cc2cn([C@@H]3O[C@H](CO)[C@@H](O)[C@H](O)[C@H]3O)c3ccccc23)cc1. The summed E-state index contributed by atoms with van der Waals surface area (Å²) < 4.78 is 63.0. The lowest BCUT2D eigenvalue weighted by Crippen LogP contribution is -2.58. The van der Waals surface area contributed by atoms with Crippen molar-refractivity contribution in [2.75, 3.05) is 6.61 Å². The Hall–Kier alpha value is -11.0. The van der Waals surface area contributed by atoms with Crippen LogP contribution in [-0.2, 0) is 121 Å². The minimum atomic E-state index is -1.41. The van der Waals surface area contributed by atoms with Gasteiger partial charge in [0.25, 0.3) is 0 Å². The normalized spacial score (nSPS) is 21.9. The van der Waals surface area contributed by atoms with Gasteiger partial charge in [-0.3, -0.25) is 0 Å². The van der Waals surface area contributed by atoms with Gasteiger partial charge in [0.2, 0.25) is 0 Å². The van der Waals surface area contributed by atoms with Crippen LogP contribution in [0.5, 0.6) is 0 Å². The molecule has 3 aliphatic heterocycles. The number of aromatic amines is 1. The van der Waals surface area contributed by atoms with Crippen LogP contribution in [0.2, 0.25) is 0 Å². The van der Waals surface area contributed by atoms with E-state index in [0.29, 0.717) is 39.6 Å². The van der Waals surface area contributed by atoms with Crippen molar-refractivity contribution in [1.82, 2.24) is 14.1 Å². The number of H-pyrrole nitrogens is 1. The predicted octanol–water partition coefficient (Wildman–Crippen LogP) is 22.1. The number of hydrogen-bond acceptors (Lipinski definition) is 13. The maximum atomic E-state index is 10.6. The third-order valence-corrected chi connectivity index (χ3v) is 25.3. The summed E-state index contributed by atoms with van der Waals surface area (Å²) in [6.07, 6.45) is 4.35. The number of ether oxygens (including phenoxy) is 9. The van der Waals surface area contributed by atoms with E-state index >= 15 is 0 Å². The molecule has 17 heteroatoms. The number of benzene rings is 12. The molecule has 0 radical (unpaired) electrons. The first-order valence-electron chi connectivity index (χ1n) is 46.0. The first-order chi connectivity index (χ1) is 63.8. The monoisotopic (exact) mass is 1760 g/mol. The predicted molar refractivity (Wildman–Crippen MR) is 516 cm³/mol. The van der Waals surface area contributed by atoms with Gasteiger partial charge in [-0.1, -0.05) is 356 Å². The highest BCUT2D eigenvalue weighted by atomic mass is 35.5. The van der Waals surface area contributed by atoms with Crippen molar-refractivity contribution in [2.24, 2.45) is 0 Å².